The quantitative estimate of drug-likeness (QED) is 0.495. The van der Waals surface area contributed by atoms with Crippen molar-refractivity contribution in [2.24, 2.45) is 0 Å². The topological polar surface area (TPSA) is 0 Å². The summed E-state index contributed by atoms with van der Waals surface area (Å²) in [5.74, 6) is 0. The van der Waals surface area contributed by atoms with Gasteiger partial charge in [-0.05, 0) is 6.92 Å². The van der Waals surface area contributed by atoms with Gasteiger partial charge in [0.1, 0.15) is 0 Å². The summed E-state index contributed by atoms with van der Waals surface area (Å²) in [6, 6.07) is 10.5. The molecular weight excluding hydrogens is 167 g/mol. The molecule has 0 spiro atoms. The van der Waals surface area contributed by atoms with Crippen molar-refractivity contribution in [3.05, 3.63) is 66.7 Å². The minimum atomic E-state index is 0.988. The van der Waals surface area contributed by atoms with Crippen molar-refractivity contribution in [3.8, 4) is 0 Å². The van der Waals surface area contributed by atoms with Crippen LogP contribution in [0, 0.1) is 0 Å². The zero-order valence-corrected chi connectivity index (χ0v) is 8.61. The third-order valence-corrected chi connectivity index (χ3v) is 2.07. The van der Waals surface area contributed by atoms with E-state index < -0.39 is 0 Å². The van der Waals surface area contributed by atoms with Crippen LogP contribution in [0.25, 0.3) is 0 Å². The van der Waals surface area contributed by atoms with Crippen molar-refractivity contribution >= 4 is 12.7 Å². The summed E-state index contributed by atoms with van der Waals surface area (Å²) in [4.78, 5) is 0. The molecule has 0 atom stereocenters. The van der Waals surface area contributed by atoms with E-state index in [1.54, 1.807) is 6.08 Å². The minimum absolute atomic E-state index is 0.988. The Morgan fingerprint density at radius 2 is 2.00 bits per heavy atom. The van der Waals surface area contributed by atoms with E-state index in [2.05, 4.69) is 49.9 Å². The molecule has 0 aliphatic rings. The largest absolute Gasteiger partial charge is 0.191 e. The molecular formula is C13H15B. The average molecular weight is 182 g/mol. The molecule has 0 aliphatic carbocycles. The second-order valence-electron chi connectivity index (χ2n) is 3.12. The van der Waals surface area contributed by atoms with Crippen LogP contribution in [0.5, 0.6) is 0 Å². The molecule has 1 rings (SSSR count). The highest BCUT2D eigenvalue weighted by atomic mass is 13.8. The molecule has 0 aromatic heterocycles. The summed E-state index contributed by atoms with van der Waals surface area (Å²) in [6.07, 6.45) is 8.00. The average Bonchev–Trinajstić information content (AvgIpc) is 2.25. The Kier molecular flexibility index (Phi) is 4.56. The van der Waals surface area contributed by atoms with Gasteiger partial charge < -0.3 is 0 Å². The van der Waals surface area contributed by atoms with Crippen LogP contribution in [0.3, 0.4) is 0 Å². The van der Waals surface area contributed by atoms with Crippen LogP contribution in [-0.4, -0.2) is 7.28 Å². The molecule has 1 aromatic rings. The number of hydrogen-bond donors (Lipinski definition) is 0. The van der Waals surface area contributed by atoms with Crippen molar-refractivity contribution in [1.82, 2.24) is 0 Å². The Morgan fingerprint density at radius 1 is 1.29 bits per heavy atom. The van der Waals surface area contributed by atoms with Gasteiger partial charge in [-0.15, -0.1) is 0 Å². The predicted molar refractivity (Wildman–Crippen MR) is 66.3 cm³/mol. The predicted octanol–water partition coefficient (Wildman–Crippen LogP) is 2.39. The van der Waals surface area contributed by atoms with Crippen LogP contribution >= 0.6 is 0 Å². The van der Waals surface area contributed by atoms with Crippen molar-refractivity contribution in [2.75, 3.05) is 0 Å². The second kappa shape index (κ2) is 6.03. The summed E-state index contributed by atoms with van der Waals surface area (Å²) >= 11 is 0. The summed E-state index contributed by atoms with van der Waals surface area (Å²) in [6.45, 7) is 5.72. The van der Waals surface area contributed by atoms with E-state index in [1.807, 2.05) is 12.1 Å². The maximum Gasteiger partial charge on any atom is 0.191 e. The van der Waals surface area contributed by atoms with Gasteiger partial charge in [0.15, 0.2) is 7.28 Å². The number of hydrogen-bond acceptors (Lipinski definition) is 0. The van der Waals surface area contributed by atoms with Crippen LogP contribution < -0.4 is 5.46 Å². The van der Waals surface area contributed by atoms with Crippen LogP contribution in [0.1, 0.15) is 6.92 Å². The lowest BCUT2D eigenvalue weighted by atomic mass is 9.63. The van der Waals surface area contributed by atoms with Gasteiger partial charge in [-0.25, -0.2) is 0 Å². The Labute approximate surface area is 86.9 Å². The molecule has 1 aromatic carbocycles. The fourth-order valence-corrected chi connectivity index (χ4v) is 1.28. The summed E-state index contributed by atoms with van der Waals surface area (Å²) < 4.78 is 0. The molecule has 0 saturated carbocycles. The van der Waals surface area contributed by atoms with E-state index in [-0.39, 0.29) is 0 Å². The van der Waals surface area contributed by atoms with Gasteiger partial charge in [0.2, 0.25) is 0 Å². The van der Waals surface area contributed by atoms with Crippen LogP contribution in [0.4, 0.5) is 0 Å². The summed E-state index contributed by atoms with van der Waals surface area (Å²) in [5.41, 5.74) is 2.66. The normalized spacial score (nSPS) is 11.6. The fraction of sp³-hybridized carbons (Fsp3) is 0.0769. The van der Waals surface area contributed by atoms with Crippen molar-refractivity contribution in [3.63, 3.8) is 0 Å². The van der Waals surface area contributed by atoms with Gasteiger partial charge in [0, 0.05) is 0 Å². The Hall–Kier alpha value is -1.50. The monoisotopic (exact) mass is 182 g/mol. The number of rotatable bonds is 4. The zero-order chi connectivity index (χ0) is 10.2. The molecule has 0 aliphatic heterocycles. The van der Waals surface area contributed by atoms with Crippen LogP contribution in [0.15, 0.2) is 66.7 Å². The molecule has 0 radical (unpaired) electrons. The molecule has 0 unspecified atom stereocenters. The highest BCUT2D eigenvalue weighted by Gasteiger charge is 1.96. The number of benzene rings is 1. The first-order valence-corrected chi connectivity index (χ1v) is 4.85. The molecule has 14 heavy (non-hydrogen) atoms. The summed E-state index contributed by atoms with van der Waals surface area (Å²) in [5, 5.41) is 0. The maximum absolute atomic E-state index is 3.66. The molecule has 0 saturated heterocycles. The highest BCUT2D eigenvalue weighted by Crippen LogP contribution is 1.95. The van der Waals surface area contributed by atoms with Crippen molar-refractivity contribution in [1.29, 1.82) is 0 Å². The highest BCUT2D eigenvalue weighted by molar-refractivity contribution is 6.61. The lowest BCUT2D eigenvalue weighted by Crippen LogP contribution is -2.14. The summed E-state index contributed by atoms with van der Waals surface area (Å²) in [7, 11) is 0.988. The minimum Gasteiger partial charge on any atom is -0.0991 e. The molecule has 1 heteroatoms. The fourth-order valence-electron chi connectivity index (χ4n) is 1.28. The van der Waals surface area contributed by atoms with Gasteiger partial charge in [-0.3, -0.25) is 0 Å². The molecule has 0 fully saturated rings. The van der Waals surface area contributed by atoms with Gasteiger partial charge in [-0.1, -0.05) is 72.2 Å². The Morgan fingerprint density at radius 3 is 2.57 bits per heavy atom. The van der Waals surface area contributed by atoms with Gasteiger partial charge in [0.25, 0.3) is 0 Å². The van der Waals surface area contributed by atoms with E-state index >= 15 is 0 Å². The molecule has 0 bridgehead atoms. The smallest absolute Gasteiger partial charge is 0.0991 e. The van der Waals surface area contributed by atoms with Crippen molar-refractivity contribution < 1.29 is 0 Å². The lowest BCUT2D eigenvalue weighted by Gasteiger charge is -1.99. The standard InChI is InChI=1S/C13H15B/c1-3-5-9-12(4-2)14-13-10-7-6-8-11-13/h3-11,14H,1H2,2H3/b9-5-,12-4+. The maximum atomic E-state index is 3.66. The second-order valence-corrected chi connectivity index (χ2v) is 3.12. The third kappa shape index (κ3) is 3.48. The Bertz CT molecular complexity index is 334. The van der Waals surface area contributed by atoms with E-state index in [9.17, 15) is 0 Å². The first kappa shape index (κ1) is 10.6. The molecule has 0 heterocycles. The Balaban J connectivity index is 2.67. The van der Waals surface area contributed by atoms with E-state index in [0.717, 1.165) is 7.28 Å². The van der Waals surface area contributed by atoms with Gasteiger partial charge in [0.05, 0.1) is 0 Å². The van der Waals surface area contributed by atoms with Gasteiger partial charge in [-0.2, -0.15) is 0 Å². The van der Waals surface area contributed by atoms with Crippen molar-refractivity contribution in [2.45, 2.75) is 6.92 Å². The zero-order valence-electron chi connectivity index (χ0n) is 8.61. The molecule has 0 N–H and O–H groups in total. The van der Waals surface area contributed by atoms with E-state index in [0.29, 0.717) is 0 Å². The van der Waals surface area contributed by atoms with E-state index in [1.165, 1.54) is 10.9 Å². The third-order valence-electron chi connectivity index (χ3n) is 2.07. The van der Waals surface area contributed by atoms with E-state index in [4.69, 9.17) is 0 Å². The lowest BCUT2D eigenvalue weighted by molar-refractivity contribution is 1.68. The van der Waals surface area contributed by atoms with Crippen LogP contribution in [-0.2, 0) is 0 Å². The SMILES string of the molecule is C=C/C=C\C(Bc1ccccc1)=C/C. The number of allylic oxidation sites excluding steroid dienone is 5. The molecule has 0 amide bonds. The first-order chi connectivity index (χ1) is 6.86. The van der Waals surface area contributed by atoms with Gasteiger partial charge >= 0.3 is 0 Å². The van der Waals surface area contributed by atoms with Crippen LogP contribution in [0.2, 0.25) is 0 Å². The molecule has 70 valence electrons. The first-order valence-electron chi connectivity index (χ1n) is 4.85. The molecule has 0 nitrogen and oxygen atoms in total.